The normalized spacial score (nSPS) is 11.2. The lowest BCUT2D eigenvalue weighted by Gasteiger charge is -2.13. The van der Waals surface area contributed by atoms with Crippen LogP contribution in [0.5, 0.6) is 11.5 Å². The Morgan fingerprint density at radius 2 is 1.97 bits per heavy atom. The zero-order chi connectivity index (χ0) is 26.4. The number of ether oxygens (including phenoxy) is 2. The van der Waals surface area contributed by atoms with Crippen molar-refractivity contribution in [3.05, 3.63) is 86.3 Å². The van der Waals surface area contributed by atoms with Crippen LogP contribution in [0.1, 0.15) is 35.7 Å². The average molecular weight is 516 g/mol. The predicted molar refractivity (Wildman–Crippen MR) is 142 cm³/mol. The first-order chi connectivity index (χ1) is 17.9. The molecule has 9 nitrogen and oxygen atoms in total. The first kappa shape index (κ1) is 25.6. The van der Waals surface area contributed by atoms with E-state index in [1.807, 2.05) is 45.0 Å². The molecule has 0 radical (unpaired) electrons. The third-order valence-corrected chi connectivity index (χ3v) is 6.41. The highest BCUT2D eigenvalue weighted by molar-refractivity contribution is 7.16. The van der Waals surface area contributed by atoms with Crippen molar-refractivity contribution >= 4 is 34.0 Å². The molecule has 0 unspecified atom stereocenters. The minimum Gasteiger partial charge on any atom is -0.490 e. The summed E-state index contributed by atoms with van der Waals surface area (Å²) < 4.78 is 12.9. The minimum absolute atomic E-state index is 0.0478. The highest BCUT2D eigenvalue weighted by Gasteiger charge is 2.14. The number of anilines is 1. The second kappa shape index (κ2) is 11.5. The fraction of sp³-hybridized carbons (Fsp3) is 0.222. The average Bonchev–Trinajstić information content (AvgIpc) is 3.32. The minimum atomic E-state index is -0.503. The second-order valence-corrected chi connectivity index (χ2v) is 9.04. The van der Waals surface area contributed by atoms with E-state index in [1.165, 1.54) is 28.0 Å². The molecule has 2 heterocycles. The largest absolute Gasteiger partial charge is 0.490 e. The van der Waals surface area contributed by atoms with Gasteiger partial charge >= 0.3 is 0 Å². The van der Waals surface area contributed by atoms with Gasteiger partial charge in [0.2, 0.25) is 4.96 Å². The zero-order valence-corrected chi connectivity index (χ0v) is 21.5. The lowest BCUT2D eigenvalue weighted by Crippen LogP contribution is -2.16. The second-order valence-electron chi connectivity index (χ2n) is 8.00. The number of para-hydroxylation sites is 1. The molecule has 0 saturated heterocycles. The molecule has 0 aliphatic rings. The summed E-state index contributed by atoms with van der Waals surface area (Å²) in [6, 6.07) is 15.8. The Bertz CT molecular complexity index is 1580. The molecule has 0 aliphatic heterocycles. The van der Waals surface area contributed by atoms with E-state index in [0.29, 0.717) is 40.0 Å². The summed E-state index contributed by atoms with van der Waals surface area (Å²) in [5, 5.41) is 17.4. The van der Waals surface area contributed by atoms with Gasteiger partial charge < -0.3 is 14.8 Å². The van der Waals surface area contributed by atoms with Crippen molar-refractivity contribution in [2.75, 3.05) is 11.9 Å². The van der Waals surface area contributed by atoms with E-state index >= 15 is 0 Å². The predicted octanol–water partition coefficient (Wildman–Crippen LogP) is 4.55. The summed E-state index contributed by atoms with van der Waals surface area (Å²) >= 11 is 1.37. The standard InChI is InChI=1S/C27H25N5O4S/c1-4-24-31-32-25(33)14-20(29-27(32)37-24)16-36-22-11-10-18(13-23(22)35-5-2)12-19(15-28)26(34)30-21-9-7-6-8-17(21)3/h6-14H,4-5,16H2,1-3H3,(H,30,34)/b19-12+. The Hall–Kier alpha value is -4.49. The van der Waals surface area contributed by atoms with Crippen LogP contribution in [0.4, 0.5) is 5.69 Å². The van der Waals surface area contributed by atoms with E-state index in [4.69, 9.17) is 9.47 Å². The van der Waals surface area contributed by atoms with Crippen LogP contribution >= 0.6 is 11.3 Å². The topological polar surface area (TPSA) is 119 Å². The van der Waals surface area contributed by atoms with Crippen molar-refractivity contribution in [2.45, 2.75) is 33.8 Å². The number of rotatable bonds is 9. The molecule has 0 atom stereocenters. The van der Waals surface area contributed by atoms with Crippen LogP contribution in [0.2, 0.25) is 0 Å². The van der Waals surface area contributed by atoms with E-state index in [-0.39, 0.29) is 17.7 Å². The molecule has 1 amide bonds. The van der Waals surface area contributed by atoms with Gasteiger partial charge in [-0.1, -0.05) is 42.5 Å². The SMILES string of the molecule is CCOc1cc(/C=C(\C#N)C(=O)Nc2ccccc2C)ccc1OCc1cc(=O)n2nc(CC)sc2n1. The van der Waals surface area contributed by atoms with Gasteiger partial charge in [0.05, 0.1) is 12.3 Å². The van der Waals surface area contributed by atoms with Crippen LogP contribution < -0.4 is 20.3 Å². The molecule has 2 aromatic carbocycles. The van der Waals surface area contributed by atoms with Crippen molar-refractivity contribution in [3.8, 4) is 17.6 Å². The van der Waals surface area contributed by atoms with Crippen molar-refractivity contribution < 1.29 is 14.3 Å². The summed E-state index contributed by atoms with van der Waals surface area (Å²) in [7, 11) is 0. The fourth-order valence-electron chi connectivity index (χ4n) is 3.48. The van der Waals surface area contributed by atoms with Crippen LogP contribution in [0.15, 0.2) is 58.9 Å². The Labute approximate surface area is 217 Å². The molecule has 4 aromatic rings. The number of fused-ring (bicyclic) bond motifs is 1. The van der Waals surface area contributed by atoms with Gasteiger partial charge in [0.25, 0.3) is 11.5 Å². The lowest BCUT2D eigenvalue weighted by molar-refractivity contribution is -0.112. The molecular formula is C27H25N5O4S. The van der Waals surface area contributed by atoms with E-state index in [2.05, 4.69) is 15.4 Å². The molecule has 0 spiro atoms. The number of aryl methyl sites for hydroxylation is 2. The van der Waals surface area contributed by atoms with Crippen molar-refractivity contribution in [1.29, 1.82) is 5.26 Å². The molecule has 0 bridgehead atoms. The molecule has 188 valence electrons. The quantitative estimate of drug-likeness (QED) is 0.257. The Morgan fingerprint density at radius 3 is 2.70 bits per heavy atom. The number of nitriles is 1. The summed E-state index contributed by atoms with van der Waals surface area (Å²) in [6.45, 7) is 6.13. The number of amides is 1. The van der Waals surface area contributed by atoms with Crippen LogP contribution in [0.25, 0.3) is 11.0 Å². The van der Waals surface area contributed by atoms with Gasteiger partial charge in [0.1, 0.15) is 23.3 Å². The summed E-state index contributed by atoms with van der Waals surface area (Å²) in [6.07, 6.45) is 2.21. The maximum Gasteiger partial charge on any atom is 0.275 e. The molecule has 0 aliphatic carbocycles. The smallest absolute Gasteiger partial charge is 0.275 e. The number of carbonyl (C=O) groups excluding carboxylic acids is 1. The van der Waals surface area contributed by atoms with Gasteiger partial charge in [-0.15, -0.1) is 0 Å². The highest BCUT2D eigenvalue weighted by Crippen LogP contribution is 2.30. The summed E-state index contributed by atoms with van der Waals surface area (Å²) in [5.41, 5.74) is 2.30. The lowest BCUT2D eigenvalue weighted by atomic mass is 10.1. The maximum atomic E-state index is 12.7. The zero-order valence-electron chi connectivity index (χ0n) is 20.6. The number of nitrogens with one attached hydrogen (secondary N) is 1. The fourth-order valence-corrected chi connectivity index (χ4v) is 4.34. The van der Waals surface area contributed by atoms with E-state index in [1.54, 1.807) is 24.3 Å². The van der Waals surface area contributed by atoms with Crippen molar-refractivity contribution in [1.82, 2.24) is 14.6 Å². The number of aromatic nitrogens is 3. The van der Waals surface area contributed by atoms with Gasteiger partial charge in [-0.25, -0.2) is 4.98 Å². The molecule has 0 fully saturated rings. The van der Waals surface area contributed by atoms with E-state index in [9.17, 15) is 14.9 Å². The van der Waals surface area contributed by atoms with Gasteiger partial charge in [-0.05, 0) is 55.7 Å². The van der Waals surface area contributed by atoms with Crippen molar-refractivity contribution in [3.63, 3.8) is 0 Å². The molecule has 1 N–H and O–H groups in total. The first-order valence-electron chi connectivity index (χ1n) is 11.7. The number of hydrogen-bond donors (Lipinski definition) is 1. The van der Waals surface area contributed by atoms with Crippen LogP contribution in [-0.4, -0.2) is 27.1 Å². The molecule has 37 heavy (non-hydrogen) atoms. The molecule has 4 rings (SSSR count). The number of carbonyl (C=O) groups is 1. The molecule has 2 aromatic heterocycles. The Morgan fingerprint density at radius 1 is 1.16 bits per heavy atom. The number of benzene rings is 2. The number of nitrogens with zero attached hydrogens (tertiary/aromatic N) is 4. The van der Waals surface area contributed by atoms with Crippen LogP contribution in [-0.2, 0) is 17.8 Å². The number of hydrogen-bond acceptors (Lipinski definition) is 8. The molecule has 10 heteroatoms. The van der Waals surface area contributed by atoms with Gasteiger partial charge in [-0.3, -0.25) is 9.59 Å². The van der Waals surface area contributed by atoms with E-state index < -0.39 is 5.91 Å². The Balaban J connectivity index is 1.54. The molecule has 0 saturated carbocycles. The van der Waals surface area contributed by atoms with Crippen molar-refractivity contribution in [2.24, 2.45) is 0 Å². The molecular weight excluding hydrogens is 490 g/mol. The van der Waals surface area contributed by atoms with E-state index in [0.717, 1.165) is 17.0 Å². The monoisotopic (exact) mass is 515 g/mol. The van der Waals surface area contributed by atoms with Gasteiger partial charge in [-0.2, -0.15) is 14.9 Å². The Kier molecular flexibility index (Phi) is 7.95. The summed E-state index contributed by atoms with van der Waals surface area (Å²) in [5.74, 6) is 0.385. The van der Waals surface area contributed by atoms with Gasteiger partial charge in [0, 0.05) is 11.8 Å². The summed E-state index contributed by atoms with van der Waals surface area (Å²) in [4.78, 5) is 30.1. The van der Waals surface area contributed by atoms with Crippen LogP contribution in [0, 0.1) is 18.3 Å². The maximum absolute atomic E-state index is 12.7. The third kappa shape index (κ3) is 6.02. The first-order valence-corrected chi connectivity index (χ1v) is 12.5. The van der Waals surface area contributed by atoms with Crippen LogP contribution in [0.3, 0.4) is 0 Å². The van der Waals surface area contributed by atoms with Gasteiger partial charge in [0.15, 0.2) is 11.5 Å². The highest BCUT2D eigenvalue weighted by atomic mass is 32.1. The third-order valence-electron chi connectivity index (χ3n) is 5.35.